The molecule has 0 fully saturated rings. The van der Waals surface area contributed by atoms with Gasteiger partial charge in [0, 0.05) is 18.1 Å². The molecule has 19 heavy (non-hydrogen) atoms. The number of benzene rings is 1. The Morgan fingerprint density at radius 3 is 2.89 bits per heavy atom. The van der Waals surface area contributed by atoms with Gasteiger partial charge in [0.15, 0.2) is 5.01 Å². The van der Waals surface area contributed by atoms with Crippen LogP contribution < -0.4 is 10.1 Å². The second-order valence-corrected chi connectivity index (χ2v) is 5.12. The molecule has 102 valence electrons. The summed E-state index contributed by atoms with van der Waals surface area (Å²) in [6, 6.07) is 4.75. The minimum atomic E-state index is -0.336. The summed E-state index contributed by atoms with van der Waals surface area (Å²) in [7, 11) is 3.43. The number of aromatic nitrogens is 2. The molecule has 2 aromatic rings. The highest BCUT2D eigenvalue weighted by Crippen LogP contribution is 2.28. The van der Waals surface area contributed by atoms with Crippen LogP contribution in [0.5, 0.6) is 5.75 Å². The van der Waals surface area contributed by atoms with Crippen molar-refractivity contribution in [2.75, 3.05) is 20.7 Å². The van der Waals surface area contributed by atoms with Crippen LogP contribution in [0.2, 0.25) is 0 Å². The largest absolute Gasteiger partial charge is 0.497 e. The predicted octanol–water partition coefficient (Wildman–Crippen LogP) is 2.50. The van der Waals surface area contributed by atoms with Crippen molar-refractivity contribution < 1.29 is 9.13 Å². The Bertz CT molecular complexity index is 544. The first-order valence-electron chi connectivity index (χ1n) is 6.05. The third-order valence-electron chi connectivity index (χ3n) is 2.69. The molecule has 0 saturated heterocycles. The van der Waals surface area contributed by atoms with E-state index in [0.29, 0.717) is 16.3 Å². The lowest BCUT2D eigenvalue weighted by atomic mass is 10.2. The van der Waals surface area contributed by atoms with Crippen molar-refractivity contribution in [1.29, 1.82) is 0 Å². The minimum absolute atomic E-state index is 0.336. The second-order valence-electron chi connectivity index (χ2n) is 4.05. The molecule has 0 bridgehead atoms. The van der Waals surface area contributed by atoms with Crippen molar-refractivity contribution in [3.8, 4) is 16.3 Å². The summed E-state index contributed by atoms with van der Waals surface area (Å²) in [5.41, 5.74) is 0.471. The number of rotatable bonds is 6. The molecule has 6 heteroatoms. The lowest BCUT2D eigenvalue weighted by Gasteiger charge is -2.02. The number of aryl methyl sites for hydroxylation is 1. The molecule has 0 aliphatic carbocycles. The molecule has 0 atom stereocenters. The van der Waals surface area contributed by atoms with Gasteiger partial charge >= 0.3 is 0 Å². The van der Waals surface area contributed by atoms with Gasteiger partial charge in [0.05, 0.1) is 7.11 Å². The topological polar surface area (TPSA) is 47.0 Å². The molecule has 0 aliphatic heterocycles. The van der Waals surface area contributed by atoms with Gasteiger partial charge in [-0.3, -0.25) is 0 Å². The molecule has 1 aromatic heterocycles. The molecular weight excluding hydrogens is 265 g/mol. The average Bonchev–Trinajstić information content (AvgIpc) is 2.87. The monoisotopic (exact) mass is 281 g/mol. The number of nitrogens with zero attached hydrogens (tertiary/aromatic N) is 2. The molecule has 0 saturated carbocycles. The van der Waals surface area contributed by atoms with Crippen LogP contribution in [0.15, 0.2) is 18.2 Å². The molecule has 0 aliphatic rings. The Kier molecular flexibility index (Phi) is 4.81. The van der Waals surface area contributed by atoms with Crippen LogP contribution in [0, 0.1) is 5.82 Å². The predicted molar refractivity (Wildman–Crippen MR) is 74.1 cm³/mol. The molecule has 0 radical (unpaired) electrons. The van der Waals surface area contributed by atoms with Crippen LogP contribution in [-0.4, -0.2) is 30.9 Å². The quantitative estimate of drug-likeness (QED) is 0.826. The van der Waals surface area contributed by atoms with Crippen LogP contribution in [0.25, 0.3) is 10.6 Å². The Hall–Kier alpha value is -1.53. The van der Waals surface area contributed by atoms with Gasteiger partial charge in [-0.05, 0) is 32.1 Å². The number of halogens is 1. The van der Waals surface area contributed by atoms with Crippen LogP contribution in [0.4, 0.5) is 4.39 Å². The van der Waals surface area contributed by atoms with Gasteiger partial charge in [-0.15, -0.1) is 10.2 Å². The summed E-state index contributed by atoms with van der Waals surface area (Å²) >= 11 is 1.43. The van der Waals surface area contributed by atoms with E-state index in [0.717, 1.165) is 24.4 Å². The second kappa shape index (κ2) is 6.58. The van der Waals surface area contributed by atoms with Crippen molar-refractivity contribution in [3.63, 3.8) is 0 Å². The number of nitrogens with one attached hydrogen (secondary N) is 1. The highest BCUT2D eigenvalue weighted by molar-refractivity contribution is 7.14. The lowest BCUT2D eigenvalue weighted by Crippen LogP contribution is -2.08. The first-order valence-corrected chi connectivity index (χ1v) is 6.87. The maximum absolute atomic E-state index is 13.9. The van der Waals surface area contributed by atoms with Crippen molar-refractivity contribution in [1.82, 2.24) is 15.5 Å². The Labute approximate surface area is 115 Å². The van der Waals surface area contributed by atoms with Crippen molar-refractivity contribution >= 4 is 11.3 Å². The van der Waals surface area contributed by atoms with Crippen molar-refractivity contribution in [3.05, 3.63) is 29.0 Å². The molecule has 0 unspecified atom stereocenters. The first-order chi connectivity index (χ1) is 9.24. The Morgan fingerprint density at radius 1 is 1.37 bits per heavy atom. The molecule has 0 amide bonds. The van der Waals surface area contributed by atoms with E-state index in [4.69, 9.17) is 4.74 Å². The zero-order valence-corrected chi connectivity index (χ0v) is 11.8. The van der Waals surface area contributed by atoms with Crippen molar-refractivity contribution in [2.24, 2.45) is 0 Å². The summed E-state index contributed by atoms with van der Waals surface area (Å²) < 4.78 is 18.9. The Balaban J connectivity index is 2.13. The van der Waals surface area contributed by atoms with Gasteiger partial charge in [-0.25, -0.2) is 4.39 Å². The molecule has 0 spiro atoms. The van der Waals surface area contributed by atoms with Gasteiger partial charge < -0.3 is 10.1 Å². The van der Waals surface area contributed by atoms with E-state index in [1.54, 1.807) is 12.1 Å². The number of hydrogen-bond donors (Lipinski definition) is 1. The van der Waals surface area contributed by atoms with Gasteiger partial charge in [0.2, 0.25) is 0 Å². The van der Waals surface area contributed by atoms with E-state index >= 15 is 0 Å². The SMILES string of the molecule is CNCCCc1nnc(-c2ccc(OC)cc2F)s1. The van der Waals surface area contributed by atoms with Crippen LogP contribution in [0.1, 0.15) is 11.4 Å². The number of methoxy groups -OCH3 is 1. The summed E-state index contributed by atoms with van der Waals surface area (Å²) in [6.07, 6.45) is 1.85. The van der Waals surface area contributed by atoms with E-state index in [9.17, 15) is 4.39 Å². The zero-order chi connectivity index (χ0) is 13.7. The number of ether oxygens (including phenoxy) is 1. The molecule has 4 nitrogen and oxygen atoms in total. The summed E-state index contributed by atoms with van der Waals surface area (Å²) in [5, 5.41) is 12.8. The van der Waals surface area contributed by atoms with E-state index in [-0.39, 0.29) is 5.82 Å². The van der Waals surface area contributed by atoms with Crippen LogP contribution in [-0.2, 0) is 6.42 Å². The summed E-state index contributed by atoms with van der Waals surface area (Å²) in [4.78, 5) is 0. The normalized spacial score (nSPS) is 10.7. The fourth-order valence-electron chi connectivity index (χ4n) is 1.68. The van der Waals surface area contributed by atoms with Gasteiger partial charge in [0.25, 0.3) is 0 Å². The molecule has 1 N–H and O–H groups in total. The molecule has 1 heterocycles. The smallest absolute Gasteiger partial charge is 0.150 e. The molecular formula is C13H16FN3OS. The first kappa shape index (κ1) is 13.9. The zero-order valence-electron chi connectivity index (χ0n) is 10.9. The number of hydrogen-bond acceptors (Lipinski definition) is 5. The van der Waals surface area contributed by atoms with Gasteiger partial charge in [-0.1, -0.05) is 11.3 Å². The maximum atomic E-state index is 13.9. The van der Waals surface area contributed by atoms with Crippen LogP contribution in [0.3, 0.4) is 0 Å². The third-order valence-corrected chi connectivity index (χ3v) is 3.71. The molecule has 1 aromatic carbocycles. The van der Waals surface area contributed by atoms with E-state index in [1.165, 1.54) is 24.5 Å². The fraction of sp³-hybridized carbons (Fsp3) is 0.385. The minimum Gasteiger partial charge on any atom is -0.497 e. The third kappa shape index (κ3) is 3.48. The molecule has 2 rings (SSSR count). The Morgan fingerprint density at radius 2 is 2.21 bits per heavy atom. The van der Waals surface area contributed by atoms with E-state index < -0.39 is 0 Å². The van der Waals surface area contributed by atoms with Crippen molar-refractivity contribution in [2.45, 2.75) is 12.8 Å². The highest BCUT2D eigenvalue weighted by atomic mass is 32.1. The maximum Gasteiger partial charge on any atom is 0.150 e. The summed E-state index contributed by atoms with van der Waals surface area (Å²) in [6.45, 7) is 0.936. The highest BCUT2D eigenvalue weighted by Gasteiger charge is 2.12. The van der Waals surface area contributed by atoms with Gasteiger partial charge in [0.1, 0.15) is 16.6 Å². The summed E-state index contributed by atoms with van der Waals surface area (Å²) in [5.74, 6) is 0.164. The average molecular weight is 281 g/mol. The lowest BCUT2D eigenvalue weighted by molar-refractivity contribution is 0.411. The van der Waals surface area contributed by atoms with E-state index in [2.05, 4.69) is 15.5 Å². The fourth-order valence-corrected chi connectivity index (χ4v) is 2.58. The standard InChI is InChI=1S/C13H16FN3OS/c1-15-7-3-4-12-16-17-13(19-12)10-6-5-9(18-2)8-11(10)14/h5-6,8,15H,3-4,7H2,1-2H3. The van der Waals surface area contributed by atoms with Gasteiger partial charge in [-0.2, -0.15) is 0 Å². The van der Waals surface area contributed by atoms with Crippen LogP contribution >= 0.6 is 11.3 Å². The van der Waals surface area contributed by atoms with E-state index in [1.807, 2.05) is 7.05 Å².